The smallest absolute Gasteiger partial charge is 0.317 e. The Labute approximate surface area is 195 Å². The number of carbonyl (C=O) groups is 1. The minimum atomic E-state index is 0.159. The molecule has 178 valence electrons. The van der Waals surface area contributed by atoms with Crippen molar-refractivity contribution in [2.45, 2.75) is 90.9 Å². The van der Waals surface area contributed by atoms with Crippen LogP contribution in [-0.2, 0) is 6.42 Å². The molecule has 2 amide bonds. The lowest BCUT2D eigenvalue weighted by molar-refractivity contribution is 0.134. The van der Waals surface area contributed by atoms with Crippen LogP contribution in [0.15, 0.2) is 24.5 Å². The van der Waals surface area contributed by atoms with Gasteiger partial charge in [-0.3, -0.25) is 4.98 Å². The quantitative estimate of drug-likeness (QED) is 0.402. The molecule has 3 saturated carbocycles. The van der Waals surface area contributed by atoms with Gasteiger partial charge in [-0.05, 0) is 98.1 Å². The molecule has 1 aromatic rings. The number of nitrogens with one attached hydrogen (secondary N) is 1. The molecule has 0 radical (unpaired) electrons. The van der Waals surface area contributed by atoms with Gasteiger partial charge in [0, 0.05) is 32.0 Å². The monoisotopic (exact) mass is 439 g/mol. The normalized spacial score (nSPS) is 29.5. The summed E-state index contributed by atoms with van der Waals surface area (Å²) in [6.07, 6.45) is 19.6. The summed E-state index contributed by atoms with van der Waals surface area (Å²) in [5.41, 5.74) is 1.83. The fourth-order valence-corrected chi connectivity index (χ4v) is 7.28. The Kier molecular flexibility index (Phi) is 8.12. The molecule has 3 aliphatic rings. The van der Waals surface area contributed by atoms with E-state index in [0.29, 0.717) is 11.3 Å². The van der Waals surface area contributed by atoms with Crippen LogP contribution in [-0.4, -0.2) is 35.5 Å². The summed E-state index contributed by atoms with van der Waals surface area (Å²) < 4.78 is 0. The summed E-state index contributed by atoms with van der Waals surface area (Å²) in [6, 6.07) is 4.31. The second kappa shape index (κ2) is 11.0. The Hall–Kier alpha value is -1.58. The highest BCUT2D eigenvalue weighted by atomic mass is 16.2. The number of nitrogens with zero attached hydrogens (tertiary/aromatic N) is 2. The van der Waals surface area contributed by atoms with E-state index in [9.17, 15) is 4.79 Å². The van der Waals surface area contributed by atoms with Crippen molar-refractivity contribution in [1.29, 1.82) is 0 Å². The maximum absolute atomic E-state index is 13.2. The molecule has 0 aromatic carbocycles. The highest BCUT2D eigenvalue weighted by Crippen LogP contribution is 2.61. The number of fused-ring (bicyclic) bond motifs is 2. The van der Waals surface area contributed by atoms with Crippen LogP contribution in [0.5, 0.6) is 0 Å². The van der Waals surface area contributed by atoms with E-state index in [1.165, 1.54) is 69.8 Å². The minimum Gasteiger partial charge on any atom is -0.338 e. The molecular formula is C28H45N3O. The molecule has 0 spiro atoms. The zero-order valence-corrected chi connectivity index (χ0v) is 20.5. The second-order valence-electron chi connectivity index (χ2n) is 11.4. The van der Waals surface area contributed by atoms with Crippen LogP contribution in [0.1, 0.15) is 90.0 Å². The van der Waals surface area contributed by atoms with E-state index < -0.39 is 0 Å². The van der Waals surface area contributed by atoms with Crippen LogP contribution < -0.4 is 5.32 Å². The number of hydrogen-bond acceptors (Lipinski definition) is 2. The molecule has 5 unspecified atom stereocenters. The molecular weight excluding hydrogens is 394 g/mol. The van der Waals surface area contributed by atoms with Crippen molar-refractivity contribution in [2.75, 3.05) is 19.6 Å². The molecule has 1 N–H and O–H groups in total. The van der Waals surface area contributed by atoms with Crippen LogP contribution in [0.25, 0.3) is 0 Å². The lowest BCUT2D eigenvalue weighted by atomic mass is 9.71. The fraction of sp³-hybridized carbons (Fsp3) is 0.786. The Balaban J connectivity index is 1.31. The summed E-state index contributed by atoms with van der Waals surface area (Å²) in [4.78, 5) is 19.5. The fourth-order valence-electron chi connectivity index (χ4n) is 7.28. The van der Waals surface area contributed by atoms with Gasteiger partial charge in [0.25, 0.3) is 0 Å². The summed E-state index contributed by atoms with van der Waals surface area (Å²) >= 11 is 0. The molecule has 0 aliphatic heterocycles. The number of urea groups is 1. The average molecular weight is 440 g/mol. The van der Waals surface area contributed by atoms with Gasteiger partial charge < -0.3 is 10.2 Å². The van der Waals surface area contributed by atoms with Gasteiger partial charge in [0.1, 0.15) is 0 Å². The van der Waals surface area contributed by atoms with Crippen molar-refractivity contribution in [2.24, 2.45) is 29.1 Å². The zero-order chi connectivity index (χ0) is 22.4. The molecule has 32 heavy (non-hydrogen) atoms. The number of pyridine rings is 1. The number of rotatable bonds is 11. The predicted octanol–water partition coefficient (Wildman–Crippen LogP) is 6.46. The van der Waals surface area contributed by atoms with E-state index in [1.54, 1.807) is 0 Å². The van der Waals surface area contributed by atoms with Gasteiger partial charge in [0.05, 0.1) is 0 Å². The van der Waals surface area contributed by atoms with Gasteiger partial charge in [-0.2, -0.15) is 0 Å². The Morgan fingerprint density at radius 3 is 2.81 bits per heavy atom. The van der Waals surface area contributed by atoms with Gasteiger partial charge in [0.15, 0.2) is 0 Å². The van der Waals surface area contributed by atoms with Crippen LogP contribution in [0.3, 0.4) is 0 Å². The molecule has 4 heteroatoms. The first-order chi connectivity index (χ1) is 15.6. The first-order valence-corrected chi connectivity index (χ1v) is 13.5. The molecule has 3 aliphatic carbocycles. The van der Waals surface area contributed by atoms with E-state index in [1.807, 2.05) is 12.4 Å². The molecule has 3 fully saturated rings. The van der Waals surface area contributed by atoms with E-state index in [4.69, 9.17) is 0 Å². The van der Waals surface area contributed by atoms with Crippen molar-refractivity contribution >= 4 is 6.03 Å². The lowest BCUT2D eigenvalue weighted by Crippen LogP contribution is -2.44. The van der Waals surface area contributed by atoms with Gasteiger partial charge in [-0.15, -0.1) is 0 Å². The summed E-state index contributed by atoms with van der Waals surface area (Å²) in [7, 11) is 0. The Morgan fingerprint density at radius 1 is 1.19 bits per heavy atom. The largest absolute Gasteiger partial charge is 0.338 e. The summed E-state index contributed by atoms with van der Waals surface area (Å²) in [6.45, 7) is 7.06. The summed E-state index contributed by atoms with van der Waals surface area (Å²) in [5.74, 6) is 3.35. The number of hydrogen-bond donors (Lipinski definition) is 1. The highest BCUT2D eigenvalue weighted by Gasteiger charge is 2.51. The van der Waals surface area contributed by atoms with E-state index in [2.05, 4.69) is 41.2 Å². The molecule has 4 nitrogen and oxygen atoms in total. The summed E-state index contributed by atoms with van der Waals surface area (Å²) in [5, 5.41) is 3.28. The third-order valence-electron chi connectivity index (χ3n) is 8.88. The van der Waals surface area contributed by atoms with Crippen molar-refractivity contribution in [3.63, 3.8) is 0 Å². The van der Waals surface area contributed by atoms with Crippen LogP contribution in [0.2, 0.25) is 0 Å². The third-order valence-corrected chi connectivity index (χ3v) is 8.88. The van der Waals surface area contributed by atoms with Crippen LogP contribution in [0, 0.1) is 29.1 Å². The van der Waals surface area contributed by atoms with Gasteiger partial charge in [-0.25, -0.2) is 4.79 Å². The first kappa shape index (κ1) is 23.6. The SMILES string of the molecule is CCCCCN(CCC12CCCC3CC(CC1C3)C2)C(=O)NCC(C)Cc1ccncc1. The van der Waals surface area contributed by atoms with Gasteiger partial charge in [-0.1, -0.05) is 39.5 Å². The van der Waals surface area contributed by atoms with E-state index in [-0.39, 0.29) is 6.03 Å². The standard InChI is InChI=1S/C28H45N3O/c1-3-4-5-14-31(27(32)30-21-22(2)16-23-8-12-29-13-9-23)15-11-28-10-6-7-24-17-25(20-28)19-26(28)18-24/h8-9,12-13,22,24-26H,3-7,10-11,14-21H2,1-2H3,(H,30,32). The lowest BCUT2D eigenvalue weighted by Gasteiger charge is -2.37. The topological polar surface area (TPSA) is 45.2 Å². The molecule has 3 bridgehead atoms. The Bertz CT molecular complexity index is 723. The Morgan fingerprint density at radius 2 is 2.00 bits per heavy atom. The zero-order valence-electron chi connectivity index (χ0n) is 20.5. The number of amides is 2. The minimum absolute atomic E-state index is 0.159. The number of aromatic nitrogens is 1. The van der Waals surface area contributed by atoms with Crippen molar-refractivity contribution in [3.8, 4) is 0 Å². The van der Waals surface area contributed by atoms with Crippen LogP contribution >= 0.6 is 0 Å². The predicted molar refractivity (Wildman–Crippen MR) is 131 cm³/mol. The second-order valence-corrected chi connectivity index (χ2v) is 11.4. The molecule has 4 rings (SSSR count). The number of carbonyl (C=O) groups excluding carboxylic acids is 1. The third kappa shape index (κ3) is 5.85. The highest BCUT2D eigenvalue weighted by molar-refractivity contribution is 5.74. The maximum Gasteiger partial charge on any atom is 0.317 e. The van der Waals surface area contributed by atoms with Gasteiger partial charge >= 0.3 is 6.03 Å². The molecule has 0 saturated heterocycles. The average Bonchev–Trinajstić information content (AvgIpc) is 2.96. The first-order valence-electron chi connectivity index (χ1n) is 13.5. The van der Waals surface area contributed by atoms with E-state index >= 15 is 0 Å². The van der Waals surface area contributed by atoms with Crippen molar-refractivity contribution < 1.29 is 4.79 Å². The van der Waals surface area contributed by atoms with Crippen molar-refractivity contribution in [1.82, 2.24) is 15.2 Å². The van der Waals surface area contributed by atoms with Gasteiger partial charge in [0.2, 0.25) is 0 Å². The maximum atomic E-state index is 13.2. The number of unbranched alkanes of at least 4 members (excludes halogenated alkanes) is 2. The molecule has 5 atom stereocenters. The molecule has 1 aromatic heterocycles. The van der Waals surface area contributed by atoms with Crippen molar-refractivity contribution in [3.05, 3.63) is 30.1 Å². The molecule has 1 heterocycles. The van der Waals surface area contributed by atoms with E-state index in [0.717, 1.165) is 50.2 Å². The van der Waals surface area contributed by atoms with Crippen LogP contribution in [0.4, 0.5) is 4.79 Å².